The minimum Gasteiger partial charge on any atom is -0.337 e. The molecule has 24 heavy (non-hydrogen) atoms. The molecule has 0 saturated carbocycles. The lowest BCUT2D eigenvalue weighted by atomic mass is 9.94. The van der Waals surface area contributed by atoms with Crippen molar-refractivity contribution in [3.63, 3.8) is 0 Å². The van der Waals surface area contributed by atoms with E-state index in [4.69, 9.17) is 5.73 Å². The van der Waals surface area contributed by atoms with Crippen LogP contribution in [0.3, 0.4) is 0 Å². The van der Waals surface area contributed by atoms with Crippen LogP contribution in [0.5, 0.6) is 0 Å². The monoisotopic (exact) mass is 350 g/mol. The van der Waals surface area contributed by atoms with E-state index in [-0.39, 0.29) is 5.91 Å². The lowest BCUT2D eigenvalue weighted by Crippen LogP contribution is -2.46. The summed E-state index contributed by atoms with van der Waals surface area (Å²) in [6.45, 7) is 7.04. The quantitative estimate of drug-likeness (QED) is 0.885. The van der Waals surface area contributed by atoms with Gasteiger partial charge >= 0.3 is 0 Å². The second kappa shape index (κ2) is 8.41. The van der Waals surface area contributed by atoms with Crippen LogP contribution in [0, 0.1) is 5.92 Å². The topological polar surface area (TPSA) is 62.5 Å². The highest BCUT2D eigenvalue weighted by Gasteiger charge is 2.28. The second-order valence-corrected chi connectivity index (χ2v) is 8.21. The van der Waals surface area contributed by atoms with Crippen LogP contribution in [0.1, 0.15) is 54.5 Å². The van der Waals surface area contributed by atoms with Gasteiger partial charge in [-0.25, -0.2) is 4.98 Å². The molecule has 2 aliphatic heterocycles. The molecule has 2 atom stereocenters. The number of amides is 1. The Bertz CT molecular complexity index is 547. The van der Waals surface area contributed by atoms with Gasteiger partial charge in [-0.2, -0.15) is 0 Å². The first-order valence-electron chi connectivity index (χ1n) is 9.35. The summed E-state index contributed by atoms with van der Waals surface area (Å²) in [6.07, 6.45) is 7.11. The number of aromatic nitrogens is 1. The van der Waals surface area contributed by atoms with Crippen molar-refractivity contribution in [2.75, 3.05) is 32.7 Å². The SMILES string of the molecule is CC1CCCCN1CC1CCCN(C(=O)c2csc(CCN)n2)C1. The zero-order chi connectivity index (χ0) is 16.9. The molecule has 0 radical (unpaired) electrons. The van der Waals surface area contributed by atoms with Gasteiger partial charge < -0.3 is 15.5 Å². The zero-order valence-electron chi connectivity index (χ0n) is 14.7. The van der Waals surface area contributed by atoms with Crippen molar-refractivity contribution >= 4 is 17.2 Å². The Hall–Kier alpha value is -0.980. The average molecular weight is 351 g/mol. The minimum absolute atomic E-state index is 0.103. The Morgan fingerprint density at radius 2 is 2.21 bits per heavy atom. The number of carbonyl (C=O) groups is 1. The van der Waals surface area contributed by atoms with Gasteiger partial charge in [-0.3, -0.25) is 4.79 Å². The van der Waals surface area contributed by atoms with Gasteiger partial charge in [0.25, 0.3) is 5.91 Å². The molecule has 1 amide bonds. The third-order valence-corrected chi connectivity index (χ3v) is 6.28. The van der Waals surface area contributed by atoms with E-state index >= 15 is 0 Å². The highest BCUT2D eigenvalue weighted by Crippen LogP contribution is 2.24. The van der Waals surface area contributed by atoms with E-state index in [1.54, 1.807) is 11.3 Å². The summed E-state index contributed by atoms with van der Waals surface area (Å²) in [5, 5.41) is 2.86. The molecular formula is C18H30N4OS. The number of hydrogen-bond donors (Lipinski definition) is 1. The highest BCUT2D eigenvalue weighted by molar-refractivity contribution is 7.09. The van der Waals surface area contributed by atoms with Gasteiger partial charge in [0.15, 0.2) is 0 Å². The zero-order valence-corrected chi connectivity index (χ0v) is 15.6. The van der Waals surface area contributed by atoms with Crippen LogP contribution in [0.4, 0.5) is 0 Å². The lowest BCUT2D eigenvalue weighted by Gasteiger charge is -2.39. The van der Waals surface area contributed by atoms with Crippen LogP contribution in [0.15, 0.2) is 5.38 Å². The molecule has 134 valence electrons. The fourth-order valence-electron chi connectivity index (χ4n) is 3.97. The maximum absolute atomic E-state index is 12.7. The number of rotatable bonds is 5. The second-order valence-electron chi connectivity index (χ2n) is 7.26. The summed E-state index contributed by atoms with van der Waals surface area (Å²) in [4.78, 5) is 21.9. The number of thiazole rings is 1. The molecule has 3 heterocycles. The van der Waals surface area contributed by atoms with Crippen LogP contribution in [0.25, 0.3) is 0 Å². The van der Waals surface area contributed by atoms with Gasteiger partial charge in [-0.05, 0) is 51.6 Å². The van der Waals surface area contributed by atoms with E-state index in [1.807, 2.05) is 10.3 Å². The molecule has 2 saturated heterocycles. The number of nitrogens with zero attached hydrogens (tertiary/aromatic N) is 3. The third-order valence-electron chi connectivity index (χ3n) is 5.37. The van der Waals surface area contributed by atoms with E-state index in [9.17, 15) is 4.79 Å². The van der Waals surface area contributed by atoms with Crippen molar-refractivity contribution in [1.82, 2.24) is 14.8 Å². The van der Waals surface area contributed by atoms with Crippen molar-refractivity contribution in [2.45, 2.75) is 51.5 Å². The lowest BCUT2D eigenvalue weighted by molar-refractivity contribution is 0.0590. The predicted octanol–water partition coefficient (Wildman–Crippen LogP) is 2.37. The third kappa shape index (κ3) is 4.35. The Labute approximate surface area is 149 Å². The van der Waals surface area contributed by atoms with E-state index in [2.05, 4.69) is 16.8 Å². The maximum Gasteiger partial charge on any atom is 0.273 e. The highest BCUT2D eigenvalue weighted by atomic mass is 32.1. The van der Waals surface area contributed by atoms with Gasteiger partial charge in [0.1, 0.15) is 5.69 Å². The summed E-state index contributed by atoms with van der Waals surface area (Å²) in [7, 11) is 0. The number of piperidine rings is 2. The normalized spacial score (nSPS) is 25.8. The summed E-state index contributed by atoms with van der Waals surface area (Å²) in [5.74, 6) is 0.705. The fraction of sp³-hybridized carbons (Fsp3) is 0.778. The summed E-state index contributed by atoms with van der Waals surface area (Å²) >= 11 is 1.55. The number of hydrogen-bond acceptors (Lipinski definition) is 5. The van der Waals surface area contributed by atoms with Crippen LogP contribution in [0.2, 0.25) is 0 Å². The average Bonchev–Trinajstić information content (AvgIpc) is 3.06. The van der Waals surface area contributed by atoms with E-state index < -0.39 is 0 Å². The Balaban J connectivity index is 1.56. The molecule has 3 rings (SSSR count). The summed E-state index contributed by atoms with van der Waals surface area (Å²) in [5.41, 5.74) is 6.18. The smallest absolute Gasteiger partial charge is 0.273 e. The number of nitrogens with two attached hydrogens (primary N) is 1. The van der Waals surface area contributed by atoms with E-state index in [0.29, 0.717) is 24.2 Å². The van der Waals surface area contributed by atoms with Gasteiger partial charge in [-0.1, -0.05) is 6.42 Å². The van der Waals surface area contributed by atoms with E-state index in [0.717, 1.165) is 37.5 Å². The Morgan fingerprint density at radius 3 is 3.00 bits per heavy atom. The Morgan fingerprint density at radius 1 is 1.33 bits per heavy atom. The van der Waals surface area contributed by atoms with Crippen molar-refractivity contribution in [3.05, 3.63) is 16.1 Å². The van der Waals surface area contributed by atoms with Crippen molar-refractivity contribution < 1.29 is 4.79 Å². The molecule has 2 unspecified atom stereocenters. The van der Waals surface area contributed by atoms with Crippen LogP contribution < -0.4 is 5.73 Å². The first-order valence-corrected chi connectivity index (χ1v) is 10.2. The largest absolute Gasteiger partial charge is 0.337 e. The first kappa shape index (κ1) is 17.8. The van der Waals surface area contributed by atoms with Crippen LogP contribution in [-0.4, -0.2) is 59.5 Å². The van der Waals surface area contributed by atoms with E-state index in [1.165, 1.54) is 32.2 Å². The molecule has 1 aromatic heterocycles. The molecule has 0 aliphatic carbocycles. The minimum atomic E-state index is 0.103. The fourth-order valence-corrected chi connectivity index (χ4v) is 4.76. The molecule has 2 aliphatic rings. The van der Waals surface area contributed by atoms with Gasteiger partial charge in [0.05, 0.1) is 5.01 Å². The molecule has 0 spiro atoms. The van der Waals surface area contributed by atoms with Gasteiger partial charge in [-0.15, -0.1) is 11.3 Å². The van der Waals surface area contributed by atoms with Gasteiger partial charge in [0, 0.05) is 37.5 Å². The van der Waals surface area contributed by atoms with Crippen molar-refractivity contribution in [2.24, 2.45) is 11.7 Å². The molecule has 1 aromatic rings. The maximum atomic E-state index is 12.7. The number of carbonyl (C=O) groups excluding carboxylic acids is 1. The Kier molecular flexibility index (Phi) is 6.25. The summed E-state index contributed by atoms with van der Waals surface area (Å²) in [6, 6.07) is 0.696. The standard InChI is InChI=1S/C18H30N4OS/c1-14-5-2-3-9-21(14)11-15-6-4-10-22(12-15)18(23)16-13-24-17(20-16)7-8-19/h13-15H,2-12,19H2,1H3. The predicted molar refractivity (Wildman–Crippen MR) is 98.4 cm³/mol. The molecule has 6 heteroatoms. The number of likely N-dealkylation sites (tertiary alicyclic amines) is 2. The molecule has 0 aromatic carbocycles. The molecule has 5 nitrogen and oxygen atoms in total. The molecule has 0 bridgehead atoms. The molecule has 2 fully saturated rings. The molecular weight excluding hydrogens is 320 g/mol. The van der Waals surface area contributed by atoms with Gasteiger partial charge in [0.2, 0.25) is 0 Å². The van der Waals surface area contributed by atoms with Crippen molar-refractivity contribution in [1.29, 1.82) is 0 Å². The summed E-state index contributed by atoms with van der Waals surface area (Å²) < 4.78 is 0. The van der Waals surface area contributed by atoms with Crippen molar-refractivity contribution in [3.8, 4) is 0 Å². The molecule has 2 N–H and O–H groups in total. The first-order chi connectivity index (χ1) is 11.7. The van der Waals surface area contributed by atoms with Crippen LogP contribution in [-0.2, 0) is 6.42 Å². The van der Waals surface area contributed by atoms with Crippen LogP contribution >= 0.6 is 11.3 Å².